The van der Waals surface area contributed by atoms with Gasteiger partial charge in [0.1, 0.15) is 0 Å². The highest BCUT2D eigenvalue weighted by molar-refractivity contribution is 9.10. The zero-order valence-corrected chi connectivity index (χ0v) is 11.0. The Labute approximate surface area is 105 Å². The first-order chi connectivity index (χ1) is 7.74. The summed E-state index contributed by atoms with van der Waals surface area (Å²) in [7, 11) is 1.78. The highest BCUT2D eigenvalue weighted by Crippen LogP contribution is 2.28. The van der Waals surface area contributed by atoms with Gasteiger partial charge in [-0.25, -0.2) is 0 Å². The predicted octanol–water partition coefficient (Wildman–Crippen LogP) is 2.13. The molecule has 88 valence electrons. The fourth-order valence-electron chi connectivity index (χ4n) is 2.14. The first-order valence-corrected chi connectivity index (χ1v) is 6.30. The third-order valence-electron chi connectivity index (χ3n) is 3.09. The van der Waals surface area contributed by atoms with Gasteiger partial charge in [0.15, 0.2) is 0 Å². The van der Waals surface area contributed by atoms with Gasteiger partial charge in [-0.05, 0) is 24.1 Å². The summed E-state index contributed by atoms with van der Waals surface area (Å²) in [5.74, 6) is 0. The summed E-state index contributed by atoms with van der Waals surface area (Å²) >= 11 is 3.51. The number of benzene rings is 1. The number of nitrogens with zero attached hydrogens (tertiary/aromatic N) is 1. The topological polar surface area (TPSA) is 38.5 Å². The van der Waals surface area contributed by atoms with Crippen LogP contribution in [-0.2, 0) is 11.3 Å². The number of hydrogen-bond acceptors (Lipinski definition) is 3. The van der Waals surface area contributed by atoms with Gasteiger partial charge in [-0.2, -0.15) is 0 Å². The van der Waals surface area contributed by atoms with E-state index < -0.39 is 0 Å². The van der Waals surface area contributed by atoms with Crippen molar-refractivity contribution >= 4 is 21.6 Å². The molecule has 0 aliphatic carbocycles. The molecular weight excluding hydrogens is 268 g/mol. The number of ether oxygens (including phenoxy) is 1. The summed E-state index contributed by atoms with van der Waals surface area (Å²) < 4.78 is 6.48. The quantitative estimate of drug-likeness (QED) is 0.924. The first kappa shape index (κ1) is 11.9. The van der Waals surface area contributed by atoms with Crippen LogP contribution >= 0.6 is 15.9 Å². The van der Waals surface area contributed by atoms with Crippen LogP contribution in [0.1, 0.15) is 12.0 Å². The van der Waals surface area contributed by atoms with Crippen molar-refractivity contribution in [2.75, 3.05) is 25.1 Å². The lowest BCUT2D eigenvalue weighted by molar-refractivity contribution is 0.121. The number of halogens is 1. The summed E-state index contributed by atoms with van der Waals surface area (Å²) in [6, 6.07) is 6.26. The van der Waals surface area contributed by atoms with E-state index in [1.54, 1.807) is 7.11 Å². The maximum Gasteiger partial charge on any atom is 0.0762 e. The smallest absolute Gasteiger partial charge is 0.0762 e. The van der Waals surface area contributed by atoms with Crippen molar-refractivity contribution < 1.29 is 4.74 Å². The summed E-state index contributed by atoms with van der Waals surface area (Å²) in [6.45, 7) is 2.58. The van der Waals surface area contributed by atoms with E-state index in [9.17, 15) is 0 Å². The van der Waals surface area contributed by atoms with Crippen molar-refractivity contribution in [3.63, 3.8) is 0 Å². The van der Waals surface area contributed by atoms with Crippen molar-refractivity contribution in [3.05, 3.63) is 28.2 Å². The molecule has 1 unspecified atom stereocenters. The Morgan fingerprint density at radius 2 is 2.38 bits per heavy atom. The Bertz CT molecular complexity index is 370. The number of methoxy groups -OCH3 is 1. The standard InChI is InChI=1S/C12H17BrN2O/c1-16-11-4-5-15(8-11)12-6-10(13)3-2-9(12)7-14/h2-3,6,11H,4-5,7-8,14H2,1H3. The minimum absolute atomic E-state index is 0.351. The van der Waals surface area contributed by atoms with Crippen molar-refractivity contribution in [2.24, 2.45) is 5.73 Å². The highest BCUT2D eigenvalue weighted by Gasteiger charge is 2.23. The molecule has 0 radical (unpaired) electrons. The van der Waals surface area contributed by atoms with Gasteiger partial charge in [-0.1, -0.05) is 22.0 Å². The Balaban J connectivity index is 2.22. The molecule has 1 saturated heterocycles. The molecule has 0 bridgehead atoms. The molecule has 1 atom stereocenters. The van der Waals surface area contributed by atoms with E-state index in [0.717, 1.165) is 24.0 Å². The molecule has 2 N–H and O–H groups in total. The van der Waals surface area contributed by atoms with Gasteiger partial charge in [0.2, 0.25) is 0 Å². The molecule has 0 amide bonds. The number of hydrogen-bond donors (Lipinski definition) is 1. The Kier molecular flexibility index (Phi) is 3.84. The number of anilines is 1. The SMILES string of the molecule is COC1CCN(c2cc(Br)ccc2CN)C1. The Morgan fingerprint density at radius 1 is 1.56 bits per heavy atom. The van der Waals surface area contributed by atoms with Gasteiger partial charge in [-0.3, -0.25) is 0 Å². The van der Waals surface area contributed by atoms with Crippen molar-refractivity contribution in [3.8, 4) is 0 Å². The van der Waals surface area contributed by atoms with E-state index >= 15 is 0 Å². The van der Waals surface area contributed by atoms with Gasteiger partial charge in [0, 0.05) is 36.9 Å². The lowest BCUT2D eigenvalue weighted by Crippen LogP contribution is -2.23. The largest absolute Gasteiger partial charge is 0.380 e. The third kappa shape index (κ3) is 2.39. The van der Waals surface area contributed by atoms with Gasteiger partial charge >= 0.3 is 0 Å². The monoisotopic (exact) mass is 284 g/mol. The molecule has 1 aromatic carbocycles. The molecule has 3 nitrogen and oxygen atoms in total. The highest BCUT2D eigenvalue weighted by atomic mass is 79.9. The van der Waals surface area contributed by atoms with Crippen LogP contribution in [0.5, 0.6) is 0 Å². The zero-order chi connectivity index (χ0) is 11.5. The van der Waals surface area contributed by atoms with Crippen LogP contribution in [0.3, 0.4) is 0 Å². The second-order valence-corrected chi connectivity index (χ2v) is 4.99. The molecule has 0 aromatic heterocycles. The molecule has 1 aromatic rings. The molecule has 1 fully saturated rings. The summed E-state index contributed by atoms with van der Waals surface area (Å²) in [4.78, 5) is 2.35. The van der Waals surface area contributed by atoms with E-state index in [1.807, 2.05) is 6.07 Å². The van der Waals surface area contributed by atoms with E-state index in [-0.39, 0.29) is 0 Å². The van der Waals surface area contributed by atoms with Crippen LogP contribution < -0.4 is 10.6 Å². The van der Waals surface area contributed by atoms with Crippen LogP contribution in [0.2, 0.25) is 0 Å². The molecule has 16 heavy (non-hydrogen) atoms. The zero-order valence-electron chi connectivity index (χ0n) is 9.45. The minimum Gasteiger partial charge on any atom is -0.380 e. The molecule has 0 spiro atoms. The fourth-order valence-corrected chi connectivity index (χ4v) is 2.49. The van der Waals surface area contributed by atoms with Crippen molar-refractivity contribution in [2.45, 2.75) is 19.1 Å². The molecule has 1 heterocycles. The Morgan fingerprint density at radius 3 is 3.00 bits per heavy atom. The maximum absolute atomic E-state index is 5.76. The van der Waals surface area contributed by atoms with Crippen LogP contribution in [0.25, 0.3) is 0 Å². The maximum atomic E-state index is 5.76. The van der Waals surface area contributed by atoms with E-state index in [4.69, 9.17) is 10.5 Å². The van der Waals surface area contributed by atoms with Crippen LogP contribution in [-0.4, -0.2) is 26.3 Å². The van der Waals surface area contributed by atoms with Crippen molar-refractivity contribution in [1.29, 1.82) is 0 Å². The Hall–Kier alpha value is -0.580. The predicted molar refractivity (Wildman–Crippen MR) is 69.7 cm³/mol. The van der Waals surface area contributed by atoms with Crippen LogP contribution in [0.4, 0.5) is 5.69 Å². The summed E-state index contributed by atoms with van der Waals surface area (Å²) in [5.41, 5.74) is 8.19. The second kappa shape index (κ2) is 5.17. The third-order valence-corrected chi connectivity index (χ3v) is 3.58. The lowest BCUT2D eigenvalue weighted by Gasteiger charge is -2.21. The molecule has 1 aliphatic heterocycles. The van der Waals surface area contributed by atoms with Crippen LogP contribution in [0.15, 0.2) is 22.7 Å². The lowest BCUT2D eigenvalue weighted by atomic mass is 10.1. The molecular formula is C12H17BrN2O. The average Bonchev–Trinajstić information content (AvgIpc) is 2.77. The van der Waals surface area contributed by atoms with Gasteiger partial charge in [0.25, 0.3) is 0 Å². The second-order valence-electron chi connectivity index (χ2n) is 4.07. The van der Waals surface area contributed by atoms with E-state index in [2.05, 4.69) is 33.0 Å². The number of rotatable bonds is 3. The fraction of sp³-hybridized carbons (Fsp3) is 0.500. The summed E-state index contributed by atoms with van der Waals surface area (Å²) in [6.07, 6.45) is 1.44. The first-order valence-electron chi connectivity index (χ1n) is 5.51. The van der Waals surface area contributed by atoms with Gasteiger partial charge < -0.3 is 15.4 Å². The van der Waals surface area contributed by atoms with E-state index in [1.165, 1.54) is 11.3 Å². The summed E-state index contributed by atoms with van der Waals surface area (Å²) in [5, 5.41) is 0. The molecule has 4 heteroatoms. The molecule has 2 rings (SSSR count). The normalized spacial score (nSPS) is 20.4. The number of nitrogens with two attached hydrogens (primary N) is 1. The average molecular weight is 285 g/mol. The molecule has 1 aliphatic rings. The minimum atomic E-state index is 0.351. The van der Waals surface area contributed by atoms with E-state index in [0.29, 0.717) is 12.6 Å². The van der Waals surface area contributed by atoms with Crippen molar-refractivity contribution in [1.82, 2.24) is 0 Å². The van der Waals surface area contributed by atoms with Crippen LogP contribution in [0, 0.1) is 0 Å². The molecule has 0 saturated carbocycles. The van der Waals surface area contributed by atoms with Gasteiger partial charge in [0.05, 0.1) is 6.10 Å². The van der Waals surface area contributed by atoms with Gasteiger partial charge in [-0.15, -0.1) is 0 Å².